The fourth-order valence-corrected chi connectivity index (χ4v) is 4.79. The Morgan fingerprint density at radius 2 is 2.19 bits per heavy atom. The van der Waals surface area contributed by atoms with Crippen LogP contribution in [0.5, 0.6) is 0 Å². The minimum absolute atomic E-state index is 0.329. The number of rotatable bonds is 7. The summed E-state index contributed by atoms with van der Waals surface area (Å²) in [5.41, 5.74) is 0.761. The Bertz CT molecular complexity index is 704. The molecule has 2 rings (SSSR count). The Morgan fingerprint density at radius 3 is 2.81 bits per heavy atom. The summed E-state index contributed by atoms with van der Waals surface area (Å²) in [4.78, 5) is 1.19. The van der Waals surface area contributed by atoms with Crippen LogP contribution >= 0.6 is 11.3 Å². The highest BCUT2D eigenvalue weighted by atomic mass is 32.2. The van der Waals surface area contributed by atoms with Crippen molar-refractivity contribution in [2.24, 2.45) is 7.05 Å². The molecule has 2 heterocycles. The van der Waals surface area contributed by atoms with Gasteiger partial charge in [-0.1, -0.05) is 6.92 Å². The Balaban J connectivity index is 2.24. The van der Waals surface area contributed by atoms with Crippen molar-refractivity contribution in [3.63, 3.8) is 0 Å². The quantitative estimate of drug-likeness (QED) is 0.763. The third kappa shape index (κ3) is 3.84. The van der Waals surface area contributed by atoms with Gasteiger partial charge in [-0.3, -0.25) is 9.40 Å². The molecule has 0 fully saturated rings. The molecule has 0 aromatic carbocycles. The first-order chi connectivity index (χ1) is 9.94. The van der Waals surface area contributed by atoms with Crippen molar-refractivity contribution >= 4 is 27.2 Å². The summed E-state index contributed by atoms with van der Waals surface area (Å²) in [5, 5.41) is 9.17. The van der Waals surface area contributed by atoms with Crippen molar-refractivity contribution in [2.45, 2.75) is 31.7 Å². The predicted octanol–water partition coefficient (Wildman–Crippen LogP) is 2.09. The van der Waals surface area contributed by atoms with Crippen LogP contribution in [-0.4, -0.2) is 24.7 Å². The lowest BCUT2D eigenvalue weighted by Gasteiger charge is -2.09. The molecule has 8 heteroatoms. The van der Waals surface area contributed by atoms with Crippen LogP contribution in [0.3, 0.4) is 0 Å². The van der Waals surface area contributed by atoms with Crippen LogP contribution in [0.15, 0.2) is 22.5 Å². The van der Waals surface area contributed by atoms with Crippen LogP contribution < -0.4 is 10.0 Å². The van der Waals surface area contributed by atoms with Crippen molar-refractivity contribution in [3.05, 3.63) is 28.1 Å². The van der Waals surface area contributed by atoms with Crippen LogP contribution in [0.4, 0.5) is 5.82 Å². The first kappa shape index (κ1) is 16.0. The average Bonchev–Trinajstić information content (AvgIpc) is 2.96. The van der Waals surface area contributed by atoms with E-state index in [0.717, 1.165) is 23.4 Å². The second-order valence-electron chi connectivity index (χ2n) is 4.83. The number of hydrogen-bond donors (Lipinski definition) is 2. The summed E-state index contributed by atoms with van der Waals surface area (Å²) in [6.45, 7) is 5.31. The number of nitrogens with one attached hydrogen (secondary N) is 2. The average molecular weight is 328 g/mol. The van der Waals surface area contributed by atoms with E-state index >= 15 is 0 Å². The molecule has 116 valence electrons. The number of anilines is 1. The van der Waals surface area contributed by atoms with E-state index in [2.05, 4.69) is 22.1 Å². The van der Waals surface area contributed by atoms with Gasteiger partial charge in [-0.2, -0.15) is 5.10 Å². The lowest BCUT2D eigenvalue weighted by molar-refractivity contribution is 0.598. The van der Waals surface area contributed by atoms with Gasteiger partial charge in [0.25, 0.3) is 10.0 Å². The monoisotopic (exact) mass is 328 g/mol. The summed E-state index contributed by atoms with van der Waals surface area (Å²) < 4.78 is 29.2. The molecule has 0 aliphatic rings. The summed E-state index contributed by atoms with van der Waals surface area (Å²) >= 11 is 1.46. The molecule has 2 N–H and O–H groups in total. The normalized spacial score (nSPS) is 11.8. The van der Waals surface area contributed by atoms with Crippen molar-refractivity contribution in [1.82, 2.24) is 15.1 Å². The Kier molecular flexibility index (Phi) is 5.02. The van der Waals surface area contributed by atoms with E-state index in [1.165, 1.54) is 11.3 Å². The zero-order valence-corrected chi connectivity index (χ0v) is 14.0. The summed E-state index contributed by atoms with van der Waals surface area (Å²) in [7, 11) is -1.87. The third-order valence-corrected chi connectivity index (χ3v) is 5.74. The number of hydrogen-bond acceptors (Lipinski definition) is 5. The second kappa shape index (κ2) is 6.59. The molecule has 0 saturated carbocycles. The van der Waals surface area contributed by atoms with E-state index in [1.54, 1.807) is 24.0 Å². The lowest BCUT2D eigenvalue weighted by Crippen LogP contribution is -2.19. The topological polar surface area (TPSA) is 76.0 Å². The molecule has 2 aromatic rings. The van der Waals surface area contributed by atoms with Gasteiger partial charge >= 0.3 is 0 Å². The Hall–Kier alpha value is -1.38. The van der Waals surface area contributed by atoms with Gasteiger partial charge in [0.1, 0.15) is 4.90 Å². The fourth-order valence-electron chi connectivity index (χ4n) is 2.01. The standard InChI is InChI=1S/C13H20N4O2S2/c1-4-6-14-8-11-13(10(2)9-20-11)21(18,19)16-12-5-7-17(3)15-12/h5,7,9,14H,4,6,8H2,1-3H3,(H,15,16). The number of aromatic nitrogens is 2. The van der Waals surface area contributed by atoms with Gasteiger partial charge in [0.05, 0.1) is 0 Å². The van der Waals surface area contributed by atoms with Gasteiger partial charge in [0.15, 0.2) is 5.82 Å². The van der Waals surface area contributed by atoms with E-state index in [9.17, 15) is 8.42 Å². The third-order valence-electron chi connectivity index (χ3n) is 2.92. The van der Waals surface area contributed by atoms with Crippen LogP contribution in [0.1, 0.15) is 23.8 Å². The fraction of sp³-hybridized carbons (Fsp3) is 0.462. The highest BCUT2D eigenvalue weighted by Gasteiger charge is 2.23. The van der Waals surface area contributed by atoms with Gasteiger partial charge in [0.2, 0.25) is 0 Å². The number of sulfonamides is 1. The van der Waals surface area contributed by atoms with Crippen molar-refractivity contribution in [2.75, 3.05) is 11.3 Å². The summed E-state index contributed by atoms with van der Waals surface area (Å²) in [6, 6.07) is 1.63. The Labute approximate surface area is 129 Å². The largest absolute Gasteiger partial charge is 0.312 e. The van der Waals surface area contributed by atoms with Gasteiger partial charge in [-0.05, 0) is 30.8 Å². The molecular formula is C13H20N4O2S2. The van der Waals surface area contributed by atoms with Crippen LogP contribution in [0.25, 0.3) is 0 Å². The van der Waals surface area contributed by atoms with Crippen LogP contribution in [-0.2, 0) is 23.6 Å². The maximum atomic E-state index is 12.6. The molecule has 0 radical (unpaired) electrons. The van der Waals surface area contributed by atoms with Crippen molar-refractivity contribution < 1.29 is 8.42 Å². The maximum Gasteiger partial charge on any atom is 0.264 e. The SMILES string of the molecule is CCCNCc1scc(C)c1S(=O)(=O)Nc1ccn(C)n1. The molecule has 2 aromatic heterocycles. The van der Waals surface area contributed by atoms with Gasteiger partial charge < -0.3 is 5.32 Å². The van der Waals surface area contributed by atoms with Crippen molar-refractivity contribution in [3.8, 4) is 0 Å². The van der Waals surface area contributed by atoms with Crippen LogP contribution in [0, 0.1) is 6.92 Å². The smallest absolute Gasteiger partial charge is 0.264 e. The molecule has 0 atom stereocenters. The summed E-state index contributed by atoms with van der Waals surface area (Å²) in [6.07, 6.45) is 2.71. The molecule has 0 amide bonds. The van der Waals surface area contributed by atoms with E-state index in [1.807, 2.05) is 12.3 Å². The first-order valence-electron chi connectivity index (χ1n) is 6.74. The predicted molar refractivity (Wildman–Crippen MR) is 85.1 cm³/mol. The molecule has 21 heavy (non-hydrogen) atoms. The highest BCUT2D eigenvalue weighted by Crippen LogP contribution is 2.28. The number of nitrogens with zero attached hydrogens (tertiary/aromatic N) is 2. The molecule has 0 saturated heterocycles. The second-order valence-corrected chi connectivity index (χ2v) is 7.41. The van der Waals surface area contributed by atoms with E-state index in [0.29, 0.717) is 17.3 Å². The van der Waals surface area contributed by atoms with E-state index in [-0.39, 0.29) is 0 Å². The number of thiophene rings is 1. The molecule has 0 aliphatic carbocycles. The zero-order chi connectivity index (χ0) is 15.5. The molecule has 0 aliphatic heterocycles. The van der Waals surface area contributed by atoms with Gasteiger partial charge in [-0.15, -0.1) is 11.3 Å². The highest BCUT2D eigenvalue weighted by molar-refractivity contribution is 7.93. The zero-order valence-electron chi connectivity index (χ0n) is 12.4. The molecular weight excluding hydrogens is 308 g/mol. The molecule has 0 spiro atoms. The summed E-state index contributed by atoms with van der Waals surface area (Å²) in [5.74, 6) is 0.329. The molecule has 0 unspecified atom stereocenters. The molecule has 0 bridgehead atoms. The lowest BCUT2D eigenvalue weighted by atomic mass is 10.3. The first-order valence-corrected chi connectivity index (χ1v) is 9.10. The van der Waals surface area contributed by atoms with Gasteiger partial charge in [0, 0.05) is 30.7 Å². The minimum Gasteiger partial charge on any atom is -0.312 e. The Morgan fingerprint density at radius 1 is 1.43 bits per heavy atom. The minimum atomic E-state index is -3.61. The maximum absolute atomic E-state index is 12.6. The van der Waals surface area contributed by atoms with Crippen LogP contribution in [0.2, 0.25) is 0 Å². The number of aryl methyl sites for hydroxylation is 2. The van der Waals surface area contributed by atoms with E-state index in [4.69, 9.17) is 0 Å². The van der Waals surface area contributed by atoms with Crippen molar-refractivity contribution in [1.29, 1.82) is 0 Å². The van der Waals surface area contributed by atoms with Gasteiger partial charge in [-0.25, -0.2) is 8.42 Å². The molecule has 6 nitrogen and oxygen atoms in total. The van der Waals surface area contributed by atoms with E-state index < -0.39 is 10.0 Å².